The molecule has 1 fully saturated rings. The van der Waals surface area contributed by atoms with Gasteiger partial charge in [-0.3, -0.25) is 38.7 Å². The second-order valence-electron chi connectivity index (χ2n) is 11.8. The molecule has 0 bridgehead atoms. The summed E-state index contributed by atoms with van der Waals surface area (Å²) in [5, 5.41) is 31.5. The maximum atomic E-state index is 12.5. The van der Waals surface area contributed by atoms with Crippen LogP contribution in [-0.2, 0) is 38.2 Å². The van der Waals surface area contributed by atoms with Crippen molar-refractivity contribution in [2.75, 3.05) is 118 Å². The lowest BCUT2D eigenvalue weighted by Gasteiger charge is -2.35. The highest BCUT2D eigenvalue weighted by Gasteiger charge is 2.28. The van der Waals surface area contributed by atoms with Crippen molar-refractivity contribution < 1.29 is 53.5 Å². The topological polar surface area (TPSA) is 199 Å². The van der Waals surface area contributed by atoms with Gasteiger partial charge in [-0.05, 0) is 13.0 Å². The van der Waals surface area contributed by atoms with E-state index in [1.807, 2.05) is 20.8 Å². The van der Waals surface area contributed by atoms with Gasteiger partial charge >= 0.3 is 17.9 Å². The third kappa shape index (κ3) is 21.0. The van der Waals surface area contributed by atoms with Gasteiger partial charge in [0.15, 0.2) is 0 Å². The summed E-state index contributed by atoms with van der Waals surface area (Å²) in [6, 6.07) is -0.939. The van der Waals surface area contributed by atoms with Gasteiger partial charge in [0.05, 0.1) is 52.7 Å². The molecule has 1 aliphatic rings. The predicted molar refractivity (Wildman–Crippen MR) is 172 cm³/mol. The van der Waals surface area contributed by atoms with Gasteiger partial charge in [-0.1, -0.05) is 20.8 Å². The van der Waals surface area contributed by atoms with Crippen molar-refractivity contribution in [2.24, 2.45) is 5.92 Å². The van der Waals surface area contributed by atoms with E-state index in [2.05, 4.69) is 10.2 Å². The molecule has 16 nitrogen and oxygen atoms in total. The molecule has 272 valence electrons. The first-order valence-electron chi connectivity index (χ1n) is 16.5. The Morgan fingerprint density at radius 1 is 0.660 bits per heavy atom. The van der Waals surface area contributed by atoms with Gasteiger partial charge < -0.3 is 39.7 Å². The molecular weight excluding hydrogens is 618 g/mol. The van der Waals surface area contributed by atoms with Crippen LogP contribution in [-0.4, -0.2) is 189 Å². The fourth-order valence-electron chi connectivity index (χ4n) is 4.96. The summed E-state index contributed by atoms with van der Waals surface area (Å²) >= 11 is 0. The lowest BCUT2D eigenvalue weighted by atomic mass is 10.1. The van der Waals surface area contributed by atoms with Crippen molar-refractivity contribution in [2.45, 2.75) is 46.1 Å². The highest BCUT2D eigenvalue weighted by molar-refractivity contribution is 5.80. The van der Waals surface area contributed by atoms with Crippen molar-refractivity contribution in [3.05, 3.63) is 0 Å². The number of ketones is 1. The molecule has 1 saturated heterocycles. The third-order valence-electron chi connectivity index (χ3n) is 7.86. The molecule has 0 aromatic carbocycles. The summed E-state index contributed by atoms with van der Waals surface area (Å²) in [6.07, 6.45) is 0.478. The molecule has 0 aromatic heterocycles. The second kappa shape index (κ2) is 25.3. The van der Waals surface area contributed by atoms with E-state index < -0.39 is 23.9 Å². The Hall–Kier alpha value is -2.73. The van der Waals surface area contributed by atoms with Crippen LogP contribution in [0.5, 0.6) is 0 Å². The van der Waals surface area contributed by atoms with Crippen LogP contribution in [0.25, 0.3) is 0 Å². The number of likely N-dealkylation sites (N-methyl/N-ethyl adjacent to an activating group) is 1. The van der Waals surface area contributed by atoms with E-state index in [1.54, 1.807) is 14.7 Å². The zero-order chi connectivity index (χ0) is 35.0. The van der Waals surface area contributed by atoms with Gasteiger partial charge in [0.2, 0.25) is 5.91 Å². The number of nitrogens with zero attached hydrogens (tertiary/aromatic N) is 4. The molecule has 1 aliphatic heterocycles. The molecule has 1 unspecified atom stereocenters. The van der Waals surface area contributed by atoms with Gasteiger partial charge in [0, 0.05) is 77.7 Å². The van der Waals surface area contributed by atoms with Gasteiger partial charge in [-0.15, -0.1) is 0 Å². The smallest absolute Gasteiger partial charge is 0.320 e. The molecule has 47 heavy (non-hydrogen) atoms. The standard InChI is InChI=1S/C31H57N5O11/c1-4-33-9-10-34(23-29(39)40)11-12-35(24-30(41)42)14-16-36(15-13-33)26(31(43)44)5-6-28(38)32-8-18-46-20-22-47-21-19-45-17-7-27(37)25(2)3/h25-26H,4-24H2,1-3H3,(H,32,38)(H,39,40)(H,41,42)(H,43,44). The van der Waals surface area contributed by atoms with Crippen LogP contribution in [0.15, 0.2) is 0 Å². The summed E-state index contributed by atoms with van der Waals surface area (Å²) in [5.41, 5.74) is 0. The Morgan fingerprint density at radius 3 is 1.62 bits per heavy atom. The molecule has 1 rings (SSSR count). The molecule has 0 aromatic rings. The second-order valence-corrected chi connectivity index (χ2v) is 11.8. The molecule has 16 heteroatoms. The van der Waals surface area contributed by atoms with E-state index in [1.165, 1.54) is 0 Å². The van der Waals surface area contributed by atoms with Crippen molar-refractivity contribution >= 4 is 29.6 Å². The maximum absolute atomic E-state index is 12.5. The molecule has 0 radical (unpaired) electrons. The first-order chi connectivity index (χ1) is 22.4. The lowest BCUT2D eigenvalue weighted by molar-refractivity contribution is -0.144. The number of nitrogens with one attached hydrogen (secondary N) is 1. The number of hydrogen-bond donors (Lipinski definition) is 4. The minimum Gasteiger partial charge on any atom is -0.480 e. The monoisotopic (exact) mass is 675 g/mol. The lowest BCUT2D eigenvalue weighted by Crippen LogP contribution is -2.51. The molecule has 1 heterocycles. The van der Waals surface area contributed by atoms with Crippen LogP contribution in [0.3, 0.4) is 0 Å². The number of carbonyl (C=O) groups excluding carboxylic acids is 2. The maximum Gasteiger partial charge on any atom is 0.320 e. The highest BCUT2D eigenvalue weighted by Crippen LogP contribution is 2.10. The fraction of sp³-hybridized carbons (Fsp3) is 0.839. The van der Waals surface area contributed by atoms with E-state index in [-0.39, 0.29) is 69.8 Å². The number of rotatable bonds is 23. The summed E-state index contributed by atoms with van der Waals surface area (Å²) in [4.78, 5) is 66.6. The molecule has 4 N–H and O–H groups in total. The minimum absolute atomic E-state index is 0.000175. The van der Waals surface area contributed by atoms with Crippen molar-refractivity contribution in [1.82, 2.24) is 24.9 Å². The van der Waals surface area contributed by atoms with Crippen LogP contribution < -0.4 is 5.32 Å². The molecule has 1 amide bonds. The normalized spacial score (nSPS) is 17.1. The Morgan fingerprint density at radius 2 is 1.13 bits per heavy atom. The molecule has 0 aliphatic carbocycles. The third-order valence-corrected chi connectivity index (χ3v) is 7.86. The number of ether oxygens (including phenoxy) is 3. The SMILES string of the molecule is CCN1CCN(CC(=O)O)CCN(CC(=O)O)CCN(C(CCC(=O)NCCOCCOCCOCCC(=O)C(C)C)C(=O)O)CC1. The van der Waals surface area contributed by atoms with Crippen molar-refractivity contribution in [3.8, 4) is 0 Å². The molecule has 1 atom stereocenters. The Labute approximate surface area is 278 Å². The number of carbonyl (C=O) groups is 5. The summed E-state index contributed by atoms with van der Waals surface area (Å²) < 4.78 is 16.3. The zero-order valence-corrected chi connectivity index (χ0v) is 28.4. The number of hydrogen-bond acceptors (Lipinski definition) is 12. The number of aliphatic carboxylic acids is 3. The average molecular weight is 676 g/mol. The number of Topliss-reactive ketones (excluding diaryl/α,β-unsaturated/α-hetero) is 1. The molecular formula is C31H57N5O11. The first-order valence-corrected chi connectivity index (χ1v) is 16.5. The van der Waals surface area contributed by atoms with Crippen LogP contribution in [0.4, 0.5) is 0 Å². The Balaban J connectivity index is 2.51. The fourth-order valence-corrected chi connectivity index (χ4v) is 4.96. The molecule has 0 saturated carbocycles. The minimum atomic E-state index is -1.05. The summed E-state index contributed by atoms with van der Waals surface area (Å²) in [6.45, 7) is 11.7. The van der Waals surface area contributed by atoms with Gasteiger partial charge in [-0.2, -0.15) is 0 Å². The summed E-state index contributed by atoms with van der Waals surface area (Å²) in [7, 11) is 0. The predicted octanol–water partition coefficient (Wildman–Crippen LogP) is -0.588. The number of amides is 1. The van der Waals surface area contributed by atoms with Crippen LogP contribution >= 0.6 is 0 Å². The van der Waals surface area contributed by atoms with Crippen LogP contribution in [0.1, 0.15) is 40.0 Å². The van der Waals surface area contributed by atoms with E-state index in [4.69, 9.17) is 14.2 Å². The van der Waals surface area contributed by atoms with E-state index in [9.17, 15) is 39.3 Å². The first kappa shape index (κ1) is 42.3. The van der Waals surface area contributed by atoms with E-state index in [0.717, 1.165) is 0 Å². The van der Waals surface area contributed by atoms with Crippen molar-refractivity contribution in [3.63, 3.8) is 0 Å². The quantitative estimate of drug-likeness (QED) is 0.100. The molecule has 0 spiro atoms. The number of carboxylic acids is 3. The van der Waals surface area contributed by atoms with E-state index >= 15 is 0 Å². The summed E-state index contributed by atoms with van der Waals surface area (Å²) in [5.74, 6) is -3.14. The average Bonchev–Trinajstić information content (AvgIpc) is 3.00. The van der Waals surface area contributed by atoms with Gasteiger partial charge in [-0.25, -0.2) is 0 Å². The zero-order valence-electron chi connectivity index (χ0n) is 28.4. The number of carboxylic acid groups (broad SMARTS) is 3. The van der Waals surface area contributed by atoms with Gasteiger partial charge in [0.1, 0.15) is 11.8 Å². The van der Waals surface area contributed by atoms with Crippen LogP contribution in [0, 0.1) is 5.92 Å². The van der Waals surface area contributed by atoms with Crippen LogP contribution in [0.2, 0.25) is 0 Å². The Kier molecular flexibility index (Phi) is 22.8. The van der Waals surface area contributed by atoms with Gasteiger partial charge in [0.25, 0.3) is 0 Å². The van der Waals surface area contributed by atoms with E-state index in [0.29, 0.717) is 85.3 Å². The highest BCUT2D eigenvalue weighted by atomic mass is 16.5. The Bertz CT molecular complexity index is 940. The largest absolute Gasteiger partial charge is 0.480 e. The van der Waals surface area contributed by atoms with Crippen molar-refractivity contribution in [1.29, 1.82) is 0 Å².